The van der Waals surface area contributed by atoms with Crippen molar-refractivity contribution >= 4 is 23.5 Å². The SMILES string of the molecule is CSCC[C@H](N)C(=O)Nc1cc(CCc2ccccc2)ccn1. The first-order chi connectivity index (χ1) is 11.2. The lowest BCUT2D eigenvalue weighted by Gasteiger charge is -2.11. The molecule has 1 aromatic heterocycles. The molecular weight excluding hydrogens is 306 g/mol. The van der Waals surface area contributed by atoms with E-state index in [2.05, 4.69) is 22.4 Å². The van der Waals surface area contributed by atoms with Crippen molar-refractivity contribution in [3.05, 3.63) is 59.8 Å². The van der Waals surface area contributed by atoms with Crippen LogP contribution in [0.2, 0.25) is 0 Å². The number of anilines is 1. The highest BCUT2D eigenvalue weighted by atomic mass is 32.2. The number of hydrogen-bond acceptors (Lipinski definition) is 4. The van der Waals surface area contributed by atoms with Gasteiger partial charge in [0.15, 0.2) is 0 Å². The summed E-state index contributed by atoms with van der Waals surface area (Å²) in [5.41, 5.74) is 8.32. The van der Waals surface area contributed by atoms with Crippen LogP contribution in [0.15, 0.2) is 48.7 Å². The Hall–Kier alpha value is -1.85. The molecule has 1 amide bonds. The molecule has 3 N–H and O–H groups in total. The molecule has 0 bridgehead atoms. The van der Waals surface area contributed by atoms with Crippen LogP contribution in [0.5, 0.6) is 0 Å². The molecule has 4 nitrogen and oxygen atoms in total. The smallest absolute Gasteiger partial charge is 0.242 e. The number of carbonyl (C=O) groups excluding carboxylic acids is 1. The number of benzene rings is 1. The zero-order valence-corrected chi connectivity index (χ0v) is 14.2. The minimum Gasteiger partial charge on any atom is -0.320 e. The van der Waals surface area contributed by atoms with E-state index in [-0.39, 0.29) is 5.91 Å². The van der Waals surface area contributed by atoms with E-state index in [0.717, 1.165) is 24.2 Å². The van der Waals surface area contributed by atoms with Crippen molar-refractivity contribution in [2.24, 2.45) is 5.73 Å². The normalized spacial score (nSPS) is 11.9. The molecule has 0 saturated heterocycles. The van der Waals surface area contributed by atoms with Crippen molar-refractivity contribution in [2.75, 3.05) is 17.3 Å². The van der Waals surface area contributed by atoms with Gasteiger partial charge in [0.05, 0.1) is 6.04 Å². The maximum absolute atomic E-state index is 12.0. The summed E-state index contributed by atoms with van der Waals surface area (Å²) < 4.78 is 0. The van der Waals surface area contributed by atoms with Gasteiger partial charge < -0.3 is 11.1 Å². The molecule has 2 aromatic rings. The Balaban J connectivity index is 1.90. The van der Waals surface area contributed by atoms with Gasteiger partial charge in [-0.2, -0.15) is 11.8 Å². The van der Waals surface area contributed by atoms with Gasteiger partial charge in [0.1, 0.15) is 5.82 Å². The zero-order chi connectivity index (χ0) is 16.5. The number of amides is 1. The quantitative estimate of drug-likeness (QED) is 0.781. The third-order valence-corrected chi connectivity index (χ3v) is 4.23. The predicted octanol–water partition coefficient (Wildman–Crippen LogP) is 2.89. The molecule has 5 heteroatoms. The average molecular weight is 329 g/mol. The number of carbonyl (C=O) groups is 1. The van der Waals surface area contributed by atoms with Gasteiger partial charge in [0, 0.05) is 6.20 Å². The number of pyridine rings is 1. The van der Waals surface area contributed by atoms with Crippen molar-refractivity contribution in [1.82, 2.24) is 4.98 Å². The van der Waals surface area contributed by atoms with E-state index in [1.165, 1.54) is 5.56 Å². The van der Waals surface area contributed by atoms with Gasteiger partial charge in [-0.05, 0) is 54.5 Å². The van der Waals surface area contributed by atoms with Crippen LogP contribution in [0.4, 0.5) is 5.82 Å². The average Bonchev–Trinajstić information content (AvgIpc) is 2.59. The minimum absolute atomic E-state index is 0.174. The number of nitrogens with one attached hydrogen (secondary N) is 1. The molecule has 1 heterocycles. The lowest BCUT2D eigenvalue weighted by atomic mass is 10.1. The van der Waals surface area contributed by atoms with Crippen LogP contribution >= 0.6 is 11.8 Å². The fourth-order valence-corrected chi connectivity index (χ4v) is 2.72. The van der Waals surface area contributed by atoms with Crippen LogP contribution in [0.25, 0.3) is 0 Å². The maximum Gasteiger partial charge on any atom is 0.242 e. The molecule has 0 saturated carbocycles. The van der Waals surface area contributed by atoms with E-state index in [9.17, 15) is 4.79 Å². The molecule has 0 unspecified atom stereocenters. The van der Waals surface area contributed by atoms with E-state index >= 15 is 0 Å². The summed E-state index contributed by atoms with van der Waals surface area (Å²) in [6.07, 6.45) is 6.27. The van der Waals surface area contributed by atoms with Crippen LogP contribution < -0.4 is 11.1 Å². The number of aromatic nitrogens is 1. The number of nitrogens with two attached hydrogens (primary N) is 1. The number of rotatable bonds is 8. The molecule has 2 rings (SSSR count). The van der Waals surface area contributed by atoms with E-state index in [1.54, 1.807) is 18.0 Å². The standard InChI is InChI=1S/C18H23N3OS/c1-23-12-10-16(19)18(22)21-17-13-15(9-11-20-17)8-7-14-5-3-2-4-6-14/h2-6,9,11,13,16H,7-8,10,12,19H2,1H3,(H,20,21,22)/t16-/m0/s1. The number of nitrogens with zero attached hydrogens (tertiary/aromatic N) is 1. The summed E-state index contributed by atoms with van der Waals surface area (Å²) in [7, 11) is 0. The first kappa shape index (κ1) is 17.5. The molecule has 1 aromatic carbocycles. The highest BCUT2D eigenvalue weighted by Gasteiger charge is 2.13. The second-order valence-electron chi connectivity index (χ2n) is 5.41. The lowest BCUT2D eigenvalue weighted by Crippen LogP contribution is -2.36. The second kappa shape index (κ2) is 9.33. The molecule has 0 spiro atoms. The fourth-order valence-electron chi connectivity index (χ4n) is 2.23. The largest absolute Gasteiger partial charge is 0.320 e. The highest BCUT2D eigenvalue weighted by molar-refractivity contribution is 7.98. The van der Waals surface area contributed by atoms with Crippen molar-refractivity contribution < 1.29 is 4.79 Å². The third kappa shape index (κ3) is 6.04. The van der Waals surface area contributed by atoms with E-state index < -0.39 is 6.04 Å². The topological polar surface area (TPSA) is 68.0 Å². The van der Waals surface area contributed by atoms with Crippen molar-refractivity contribution in [1.29, 1.82) is 0 Å². The van der Waals surface area contributed by atoms with Crippen molar-refractivity contribution in [3.8, 4) is 0 Å². The molecule has 0 fully saturated rings. The molecule has 122 valence electrons. The van der Waals surface area contributed by atoms with Gasteiger partial charge in [0.2, 0.25) is 5.91 Å². The summed E-state index contributed by atoms with van der Waals surface area (Å²) >= 11 is 1.68. The van der Waals surface area contributed by atoms with Crippen LogP contribution in [-0.2, 0) is 17.6 Å². The first-order valence-corrected chi connectivity index (χ1v) is 9.12. The van der Waals surface area contributed by atoms with Crippen LogP contribution in [0, 0.1) is 0 Å². The van der Waals surface area contributed by atoms with Crippen molar-refractivity contribution in [3.63, 3.8) is 0 Å². The Bertz CT molecular complexity index is 619. The van der Waals surface area contributed by atoms with E-state index in [1.807, 2.05) is 36.6 Å². The Morgan fingerprint density at radius 1 is 1.22 bits per heavy atom. The monoisotopic (exact) mass is 329 g/mol. The van der Waals surface area contributed by atoms with Gasteiger partial charge in [0.25, 0.3) is 0 Å². The van der Waals surface area contributed by atoms with Gasteiger partial charge in [-0.1, -0.05) is 30.3 Å². The molecule has 0 radical (unpaired) electrons. The number of aryl methyl sites for hydroxylation is 2. The second-order valence-corrected chi connectivity index (χ2v) is 6.40. The minimum atomic E-state index is -0.489. The van der Waals surface area contributed by atoms with Crippen LogP contribution in [-0.4, -0.2) is 28.9 Å². The van der Waals surface area contributed by atoms with E-state index in [0.29, 0.717) is 12.2 Å². The Morgan fingerprint density at radius 2 is 1.96 bits per heavy atom. The first-order valence-electron chi connectivity index (χ1n) is 7.73. The zero-order valence-electron chi connectivity index (χ0n) is 13.4. The van der Waals surface area contributed by atoms with Crippen LogP contribution in [0.3, 0.4) is 0 Å². The number of hydrogen-bond donors (Lipinski definition) is 2. The Kier molecular flexibility index (Phi) is 7.10. The summed E-state index contributed by atoms with van der Waals surface area (Å²) in [5, 5.41) is 2.80. The number of thioether (sulfide) groups is 1. The summed E-state index contributed by atoms with van der Waals surface area (Å²) in [5.74, 6) is 1.27. The molecule has 1 atom stereocenters. The van der Waals surface area contributed by atoms with Gasteiger partial charge in [-0.15, -0.1) is 0 Å². The van der Waals surface area contributed by atoms with Crippen LogP contribution in [0.1, 0.15) is 17.5 Å². The highest BCUT2D eigenvalue weighted by Crippen LogP contribution is 2.11. The van der Waals surface area contributed by atoms with Crippen molar-refractivity contribution in [2.45, 2.75) is 25.3 Å². The lowest BCUT2D eigenvalue weighted by molar-refractivity contribution is -0.117. The van der Waals surface area contributed by atoms with Gasteiger partial charge in [-0.25, -0.2) is 4.98 Å². The summed E-state index contributed by atoms with van der Waals surface area (Å²) in [6, 6.07) is 13.8. The summed E-state index contributed by atoms with van der Waals surface area (Å²) in [4.78, 5) is 16.2. The molecule has 23 heavy (non-hydrogen) atoms. The molecule has 0 aliphatic heterocycles. The summed E-state index contributed by atoms with van der Waals surface area (Å²) in [6.45, 7) is 0. The molecule has 0 aliphatic rings. The Morgan fingerprint density at radius 3 is 2.70 bits per heavy atom. The predicted molar refractivity (Wildman–Crippen MR) is 97.7 cm³/mol. The maximum atomic E-state index is 12.0. The third-order valence-electron chi connectivity index (χ3n) is 3.59. The van der Waals surface area contributed by atoms with Gasteiger partial charge in [-0.3, -0.25) is 4.79 Å². The molecular formula is C18H23N3OS. The Labute approximate surface area is 141 Å². The van der Waals surface area contributed by atoms with Gasteiger partial charge >= 0.3 is 0 Å². The fraction of sp³-hybridized carbons (Fsp3) is 0.333. The molecule has 0 aliphatic carbocycles. The van der Waals surface area contributed by atoms with E-state index in [4.69, 9.17) is 5.73 Å².